The molecule has 0 aromatic heterocycles. The van der Waals surface area contributed by atoms with E-state index in [4.69, 9.17) is 16.3 Å². The van der Waals surface area contributed by atoms with Crippen LogP contribution >= 0.6 is 11.6 Å². The van der Waals surface area contributed by atoms with Gasteiger partial charge in [-0.25, -0.2) is 9.18 Å². The normalized spacial score (nSPS) is 40.7. The topological polar surface area (TPSA) is 124 Å². The maximum Gasteiger partial charge on any atom is 0.339 e. The zero-order valence-electron chi connectivity index (χ0n) is 22.0. The van der Waals surface area contributed by atoms with Gasteiger partial charge < -0.3 is 9.84 Å². The van der Waals surface area contributed by atoms with Gasteiger partial charge in [0.15, 0.2) is 22.8 Å². The number of aliphatic hydroxyl groups excluding tert-OH is 1. The summed E-state index contributed by atoms with van der Waals surface area (Å²) in [5.41, 5.74) is -6.02. The second kappa shape index (κ2) is 9.06. The quantitative estimate of drug-likeness (QED) is 0.235. The number of nitrogens with zero attached hydrogens (tertiary/aromatic N) is 1. The van der Waals surface area contributed by atoms with Gasteiger partial charge in [-0.3, -0.25) is 19.7 Å². The van der Waals surface area contributed by atoms with Crippen molar-refractivity contribution in [2.45, 2.75) is 63.8 Å². The van der Waals surface area contributed by atoms with E-state index < -0.39 is 68.5 Å². The molecule has 3 fully saturated rings. The summed E-state index contributed by atoms with van der Waals surface area (Å²) in [6.07, 6.45) is 3.81. The number of rotatable bonds is 5. The first-order valence-corrected chi connectivity index (χ1v) is 13.7. The molecule has 0 spiro atoms. The lowest BCUT2D eigenvalue weighted by Gasteiger charge is -2.62. The van der Waals surface area contributed by atoms with Gasteiger partial charge >= 0.3 is 5.97 Å². The van der Waals surface area contributed by atoms with Crippen LogP contribution in [0, 0.1) is 38.7 Å². The summed E-state index contributed by atoms with van der Waals surface area (Å²) in [6.45, 7) is 5.22. The number of fused-ring (bicyclic) bond motifs is 5. The van der Waals surface area contributed by atoms with Gasteiger partial charge in [0.25, 0.3) is 5.69 Å². The fraction of sp³-hybridized carbons (Fsp3) is 0.552. The molecule has 0 heterocycles. The van der Waals surface area contributed by atoms with Crippen LogP contribution in [0.5, 0.6) is 0 Å². The Balaban J connectivity index is 1.59. The minimum atomic E-state index is -2.11. The SMILES string of the molecule is C[C@@H]1C[C@H]2[C@@H]3CCC4=CC(=O)C=C[C@]4(C)[C@@]3(F)[C@@H](O)C[C@]2(C)[C@@]1(OC(=O)c1cccc([N+](=O)[O-])c1)C(=O)CCl. The lowest BCUT2D eigenvalue weighted by atomic mass is 9.44. The third-order valence-electron chi connectivity index (χ3n) is 10.3. The predicted octanol–water partition coefficient (Wildman–Crippen LogP) is 4.92. The van der Waals surface area contributed by atoms with E-state index >= 15 is 4.39 Å². The molecule has 208 valence electrons. The zero-order chi connectivity index (χ0) is 28.5. The smallest absolute Gasteiger partial charge is 0.339 e. The summed E-state index contributed by atoms with van der Waals surface area (Å²) < 4.78 is 23.5. The summed E-state index contributed by atoms with van der Waals surface area (Å²) in [5.74, 6) is -3.85. The Labute approximate surface area is 230 Å². The molecule has 0 amide bonds. The van der Waals surface area contributed by atoms with Gasteiger partial charge in [-0.15, -0.1) is 11.6 Å². The molecule has 39 heavy (non-hydrogen) atoms. The number of ether oxygens (including phenoxy) is 1. The molecule has 5 rings (SSSR count). The summed E-state index contributed by atoms with van der Waals surface area (Å²) in [7, 11) is 0. The number of carbonyl (C=O) groups is 3. The summed E-state index contributed by atoms with van der Waals surface area (Å²) in [6, 6.07) is 5.04. The minimum absolute atomic E-state index is 0.0987. The van der Waals surface area contributed by atoms with Crippen molar-refractivity contribution in [1.82, 2.24) is 0 Å². The van der Waals surface area contributed by atoms with Crippen LogP contribution in [0.4, 0.5) is 10.1 Å². The molecule has 10 heteroatoms. The highest BCUT2D eigenvalue weighted by molar-refractivity contribution is 6.29. The molecule has 0 saturated heterocycles. The maximum absolute atomic E-state index is 17.4. The first-order chi connectivity index (χ1) is 18.3. The fourth-order valence-electron chi connectivity index (χ4n) is 8.45. The number of aliphatic hydroxyl groups is 1. The lowest BCUT2D eigenvalue weighted by Crippen LogP contribution is -2.70. The van der Waals surface area contributed by atoms with Gasteiger partial charge in [-0.2, -0.15) is 0 Å². The van der Waals surface area contributed by atoms with Crippen LogP contribution in [0.2, 0.25) is 0 Å². The van der Waals surface area contributed by atoms with Gasteiger partial charge in [0.05, 0.1) is 22.5 Å². The van der Waals surface area contributed by atoms with Crippen molar-refractivity contribution in [2.75, 3.05) is 5.88 Å². The van der Waals surface area contributed by atoms with Gasteiger partial charge in [0, 0.05) is 34.8 Å². The molecule has 4 aliphatic carbocycles. The number of hydrogen-bond acceptors (Lipinski definition) is 7. The lowest BCUT2D eigenvalue weighted by molar-refractivity contribution is -0.384. The third kappa shape index (κ3) is 3.55. The van der Waals surface area contributed by atoms with Crippen molar-refractivity contribution in [3.8, 4) is 0 Å². The Hall–Kier alpha value is -2.91. The van der Waals surface area contributed by atoms with E-state index in [1.54, 1.807) is 26.8 Å². The molecule has 8 nitrogen and oxygen atoms in total. The molecule has 1 N–H and O–H groups in total. The Morgan fingerprint density at radius 3 is 2.67 bits per heavy atom. The summed E-state index contributed by atoms with van der Waals surface area (Å²) in [4.78, 5) is 49.8. The number of halogens is 2. The Bertz CT molecular complexity index is 1340. The molecule has 4 aliphatic rings. The van der Waals surface area contributed by atoms with Crippen LogP contribution in [0.15, 0.2) is 48.1 Å². The van der Waals surface area contributed by atoms with Crippen LogP contribution in [0.1, 0.15) is 56.8 Å². The number of non-ortho nitro benzene ring substituents is 1. The first kappa shape index (κ1) is 27.6. The Kier molecular flexibility index (Phi) is 6.42. The molecule has 1 aromatic rings. The zero-order valence-corrected chi connectivity index (χ0v) is 22.7. The molecule has 0 aliphatic heterocycles. The summed E-state index contributed by atoms with van der Waals surface area (Å²) >= 11 is 6.09. The molecular formula is C29H31ClFNO7. The second-order valence-corrected chi connectivity index (χ2v) is 12.2. The van der Waals surface area contributed by atoms with E-state index in [0.717, 1.165) is 6.07 Å². The Morgan fingerprint density at radius 1 is 1.28 bits per heavy atom. The number of esters is 1. The molecule has 0 bridgehead atoms. The van der Waals surface area contributed by atoms with E-state index in [-0.39, 0.29) is 23.5 Å². The van der Waals surface area contributed by atoms with Crippen molar-refractivity contribution < 1.29 is 33.5 Å². The number of carbonyl (C=O) groups excluding carboxylic acids is 3. The van der Waals surface area contributed by atoms with Gasteiger partial charge in [-0.05, 0) is 56.7 Å². The minimum Gasteiger partial charge on any atom is -0.446 e. The van der Waals surface area contributed by atoms with Gasteiger partial charge in [-0.1, -0.05) is 31.6 Å². The van der Waals surface area contributed by atoms with Crippen molar-refractivity contribution in [3.05, 3.63) is 63.7 Å². The maximum atomic E-state index is 17.4. The molecule has 3 saturated carbocycles. The van der Waals surface area contributed by atoms with E-state index in [1.165, 1.54) is 30.4 Å². The van der Waals surface area contributed by atoms with Crippen LogP contribution in [-0.4, -0.2) is 50.8 Å². The van der Waals surface area contributed by atoms with E-state index in [2.05, 4.69) is 0 Å². The number of Topliss-reactive ketones (excluding diaryl/α,β-unsaturated/α-hetero) is 1. The number of benzene rings is 1. The van der Waals surface area contributed by atoms with Crippen LogP contribution in [-0.2, 0) is 14.3 Å². The van der Waals surface area contributed by atoms with Crippen molar-refractivity contribution in [3.63, 3.8) is 0 Å². The molecule has 1 aromatic carbocycles. The number of hydrogen-bond donors (Lipinski definition) is 1. The molecular weight excluding hydrogens is 529 g/mol. The highest BCUT2D eigenvalue weighted by Gasteiger charge is 2.77. The highest BCUT2D eigenvalue weighted by atomic mass is 35.5. The van der Waals surface area contributed by atoms with Crippen molar-refractivity contribution >= 4 is 34.8 Å². The van der Waals surface area contributed by atoms with Crippen molar-refractivity contribution in [1.29, 1.82) is 0 Å². The number of ketones is 2. The first-order valence-electron chi connectivity index (χ1n) is 13.1. The molecule has 0 unspecified atom stereocenters. The average Bonchev–Trinajstić information content (AvgIpc) is 3.11. The van der Waals surface area contributed by atoms with E-state index in [9.17, 15) is 29.6 Å². The van der Waals surface area contributed by atoms with E-state index in [0.29, 0.717) is 24.8 Å². The molecule has 8 atom stereocenters. The van der Waals surface area contributed by atoms with Gasteiger partial charge in [0.1, 0.15) is 0 Å². The third-order valence-corrected chi connectivity index (χ3v) is 10.5. The van der Waals surface area contributed by atoms with Gasteiger partial charge in [0.2, 0.25) is 0 Å². The number of nitro groups is 1. The predicted molar refractivity (Wildman–Crippen MR) is 140 cm³/mol. The second-order valence-electron chi connectivity index (χ2n) is 11.9. The van der Waals surface area contributed by atoms with Crippen LogP contribution < -0.4 is 0 Å². The van der Waals surface area contributed by atoms with Crippen LogP contribution in [0.25, 0.3) is 0 Å². The highest BCUT2D eigenvalue weighted by Crippen LogP contribution is 2.71. The Morgan fingerprint density at radius 2 is 2.00 bits per heavy atom. The summed E-state index contributed by atoms with van der Waals surface area (Å²) in [5, 5.41) is 22.9. The monoisotopic (exact) mass is 559 g/mol. The number of allylic oxidation sites excluding steroid dienone is 4. The van der Waals surface area contributed by atoms with E-state index in [1.807, 2.05) is 0 Å². The van der Waals surface area contributed by atoms with Crippen molar-refractivity contribution in [2.24, 2.45) is 28.6 Å². The average molecular weight is 560 g/mol. The molecule has 0 radical (unpaired) electrons. The number of alkyl halides is 2. The van der Waals surface area contributed by atoms with Crippen LogP contribution in [0.3, 0.4) is 0 Å². The standard InChI is InChI=1S/C29H31ClFNO7/c1-16-11-22-21-8-7-18-13-20(33)9-10-26(18,2)28(21,31)23(34)14-27(22,3)29(16,24(35)15-30)39-25(36)17-5-4-6-19(12-17)32(37)38/h4-6,9-10,12-13,16,21-23,34H,7-8,11,14-15H2,1-3H3/t16-,21+,22+,23+,26+,27+,28+,29+/m1/s1. The fourth-order valence-corrected chi connectivity index (χ4v) is 8.65. The largest absolute Gasteiger partial charge is 0.446 e. The number of nitro benzene ring substituents is 1.